The Balaban J connectivity index is 1.72. The van der Waals surface area contributed by atoms with E-state index in [4.69, 9.17) is 4.74 Å². The fourth-order valence-electron chi connectivity index (χ4n) is 4.98. The Kier molecular flexibility index (Phi) is 10.7. The zero-order valence-electron chi connectivity index (χ0n) is 24.9. The van der Waals surface area contributed by atoms with Crippen LogP contribution in [0.25, 0.3) is 6.08 Å². The number of rotatable bonds is 8. The molecule has 5 atom stereocenters. The van der Waals surface area contributed by atoms with E-state index in [9.17, 15) is 19.5 Å². The van der Waals surface area contributed by atoms with E-state index in [1.807, 2.05) is 70.4 Å². The van der Waals surface area contributed by atoms with Crippen LogP contribution in [-0.4, -0.2) is 66.1 Å². The quantitative estimate of drug-likeness (QED) is 0.323. The molecule has 2 aliphatic heterocycles. The van der Waals surface area contributed by atoms with Crippen LogP contribution in [0.15, 0.2) is 91.1 Å². The van der Waals surface area contributed by atoms with E-state index in [1.54, 1.807) is 53.4 Å². The van der Waals surface area contributed by atoms with Crippen LogP contribution in [-0.2, 0) is 20.8 Å². The summed E-state index contributed by atoms with van der Waals surface area (Å²) in [6, 6.07) is 22.3. The van der Waals surface area contributed by atoms with Crippen LogP contribution in [0.4, 0.5) is 0 Å². The Morgan fingerprint density at radius 3 is 2.16 bits per heavy atom. The van der Waals surface area contributed by atoms with E-state index >= 15 is 0 Å². The topological polar surface area (TPSA) is 120 Å². The first-order valence-corrected chi connectivity index (χ1v) is 14.4. The number of carbonyl (C=O) groups is 3. The molecular formula is C34H40N4O5. The molecule has 3 aromatic carbocycles. The minimum absolute atomic E-state index is 0.221. The predicted molar refractivity (Wildman–Crippen MR) is 166 cm³/mol. The Morgan fingerprint density at radius 2 is 1.56 bits per heavy atom. The lowest BCUT2D eigenvalue weighted by Gasteiger charge is -2.34. The van der Waals surface area contributed by atoms with Crippen LogP contribution < -0.4 is 20.7 Å². The largest absolute Gasteiger partial charge is 0.487 e. The van der Waals surface area contributed by atoms with Gasteiger partial charge in [0.05, 0.1) is 6.04 Å². The summed E-state index contributed by atoms with van der Waals surface area (Å²) >= 11 is 0. The van der Waals surface area contributed by atoms with Crippen molar-refractivity contribution in [1.82, 2.24) is 20.9 Å². The number of aliphatic hydroxyl groups is 1. The number of carbonyl (C=O) groups excluding carboxylic acids is 3. The summed E-state index contributed by atoms with van der Waals surface area (Å²) in [6.45, 7) is 3.79. The second-order valence-corrected chi connectivity index (χ2v) is 11.2. The van der Waals surface area contributed by atoms with Crippen LogP contribution in [0.3, 0.4) is 0 Å². The van der Waals surface area contributed by atoms with Crippen LogP contribution >= 0.6 is 0 Å². The van der Waals surface area contributed by atoms with E-state index < -0.39 is 42.1 Å². The first-order valence-electron chi connectivity index (χ1n) is 14.4. The zero-order valence-corrected chi connectivity index (χ0v) is 24.9. The normalized spacial score (nSPS) is 21.2. The number of amides is 3. The maximum Gasteiger partial charge on any atom is 0.249 e. The second kappa shape index (κ2) is 14.6. The van der Waals surface area contributed by atoms with E-state index in [0.717, 1.165) is 11.1 Å². The fraction of sp³-hybridized carbons (Fsp3) is 0.324. The van der Waals surface area contributed by atoms with Crippen molar-refractivity contribution in [3.05, 3.63) is 108 Å². The highest BCUT2D eigenvalue weighted by molar-refractivity contribution is 5.94. The van der Waals surface area contributed by atoms with Crippen molar-refractivity contribution in [2.45, 2.75) is 50.6 Å². The third-order valence-corrected chi connectivity index (χ3v) is 7.45. The molecule has 0 saturated heterocycles. The molecule has 3 amide bonds. The van der Waals surface area contributed by atoms with Gasteiger partial charge in [0, 0.05) is 6.20 Å². The molecule has 0 radical (unpaired) electrons. The summed E-state index contributed by atoms with van der Waals surface area (Å²) in [7, 11) is 3.62. The number of nitrogens with zero attached hydrogens (tertiary/aromatic N) is 1. The third kappa shape index (κ3) is 8.30. The molecule has 0 aliphatic carbocycles. The molecule has 0 aromatic heterocycles. The molecule has 9 nitrogen and oxygen atoms in total. The second-order valence-electron chi connectivity index (χ2n) is 11.2. The Labute approximate surface area is 252 Å². The van der Waals surface area contributed by atoms with E-state index in [1.165, 1.54) is 6.20 Å². The van der Waals surface area contributed by atoms with Gasteiger partial charge in [0.2, 0.25) is 17.7 Å². The highest BCUT2D eigenvalue weighted by atomic mass is 16.5. The molecule has 43 heavy (non-hydrogen) atoms. The van der Waals surface area contributed by atoms with Gasteiger partial charge in [0.25, 0.3) is 0 Å². The van der Waals surface area contributed by atoms with Crippen molar-refractivity contribution in [2.75, 3.05) is 14.1 Å². The number of hydrogen-bond donors (Lipinski definition) is 4. The van der Waals surface area contributed by atoms with Gasteiger partial charge in [-0.05, 0) is 61.3 Å². The average Bonchev–Trinajstić information content (AvgIpc) is 3.00. The standard InChI is InChI=1S/C34H40N4O5/c1-22(2)31-29(37-32(40)27(38(3)4)21-24-11-7-5-8-12-24)34(42)36-28(30(39)25-13-9-6-10-14-25)33(41)35-20-19-23-15-17-26(43-31)18-16-23/h5-20,22,27-31,39H,21H2,1-4H3,(H,35,41)(H,36,42)(H,37,40)/b20-19-/t27-,28+,29-,30-,31-/m0/s1. The van der Waals surface area contributed by atoms with Crippen LogP contribution in [0.5, 0.6) is 5.75 Å². The number of hydrogen-bond acceptors (Lipinski definition) is 6. The van der Waals surface area contributed by atoms with Crippen molar-refractivity contribution in [1.29, 1.82) is 0 Å². The zero-order chi connectivity index (χ0) is 30.9. The predicted octanol–water partition coefficient (Wildman–Crippen LogP) is 3.07. The summed E-state index contributed by atoms with van der Waals surface area (Å²) in [4.78, 5) is 43.1. The first kappa shape index (κ1) is 31.5. The molecule has 0 saturated carbocycles. The Hall–Kier alpha value is -4.47. The van der Waals surface area contributed by atoms with E-state index in [2.05, 4.69) is 16.0 Å². The molecule has 9 heteroatoms. The molecule has 2 bridgehead atoms. The minimum Gasteiger partial charge on any atom is -0.487 e. The number of ether oxygens (including phenoxy) is 1. The summed E-state index contributed by atoms with van der Waals surface area (Å²) < 4.78 is 6.35. The number of benzene rings is 3. The van der Waals surface area contributed by atoms with Gasteiger partial charge in [-0.2, -0.15) is 0 Å². The molecule has 4 N–H and O–H groups in total. The average molecular weight is 585 g/mol. The fourth-order valence-corrected chi connectivity index (χ4v) is 4.98. The first-order chi connectivity index (χ1) is 20.6. The molecule has 2 heterocycles. The molecule has 2 aliphatic rings. The van der Waals surface area contributed by atoms with Gasteiger partial charge in [-0.1, -0.05) is 86.6 Å². The van der Waals surface area contributed by atoms with E-state index in [-0.39, 0.29) is 11.8 Å². The highest BCUT2D eigenvalue weighted by Crippen LogP contribution is 2.22. The maximum absolute atomic E-state index is 14.1. The van der Waals surface area contributed by atoms with Gasteiger partial charge >= 0.3 is 0 Å². The Morgan fingerprint density at radius 1 is 0.930 bits per heavy atom. The summed E-state index contributed by atoms with van der Waals surface area (Å²) in [5.74, 6) is -1.33. The minimum atomic E-state index is -1.36. The van der Waals surface area contributed by atoms with Crippen molar-refractivity contribution in [3.63, 3.8) is 0 Å². The summed E-state index contributed by atoms with van der Waals surface area (Å²) in [5, 5.41) is 19.6. The molecule has 0 unspecified atom stereocenters. The molecule has 226 valence electrons. The summed E-state index contributed by atoms with van der Waals surface area (Å²) in [6.07, 6.45) is 1.44. The van der Waals surface area contributed by atoms with Gasteiger partial charge < -0.3 is 25.8 Å². The van der Waals surface area contributed by atoms with Gasteiger partial charge in [0.15, 0.2) is 0 Å². The molecule has 5 rings (SSSR count). The van der Waals surface area contributed by atoms with Crippen LogP contribution in [0.1, 0.15) is 36.6 Å². The molecule has 0 fully saturated rings. The van der Waals surface area contributed by atoms with Gasteiger partial charge in [-0.25, -0.2) is 0 Å². The van der Waals surface area contributed by atoms with Crippen molar-refractivity contribution < 1.29 is 24.2 Å². The Bertz CT molecular complexity index is 1390. The number of fused-ring (bicyclic) bond motifs is 10. The number of aliphatic hydroxyl groups excluding tert-OH is 1. The van der Waals surface area contributed by atoms with Crippen molar-refractivity contribution >= 4 is 23.8 Å². The molecular weight excluding hydrogens is 544 g/mol. The SMILES string of the molecule is CC(C)[C@@H]1Oc2ccc(cc2)/C=C\NC(=O)[C@@H]([C@@H](O)c2ccccc2)NC(=O)[C@H]1NC(=O)[C@H](Cc1ccccc1)N(C)C. The summed E-state index contributed by atoms with van der Waals surface area (Å²) in [5.41, 5.74) is 2.24. The smallest absolute Gasteiger partial charge is 0.249 e. The van der Waals surface area contributed by atoms with Crippen LogP contribution in [0.2, 0.25) is 0 Å². The van der Waals surface area contributed by atoms with Crippen LogP contribution in [0, 0.1) is 5.92 Å². The van der Waals surface area contributed by atoms with Crippen molar-refractivity contribution in [2.24, 2.45) is 5.92 Å². The van der Waals surface area contributed by atoms with Gasteiger partial charge in [0.1, 0.15) is 30.0 Å². The lowest BCUT2D eigenvalue weighted by Crippen LogP contribution is -2.62. The highest BCUT2D eigenvalue weighted by Gasteiger charge is 2.39. The van der Waals surface area contributed by atoms with E-state index in [0.29, 0.717) is 17.7 Å². The number of likely N-dealkylation sites (N-methyl/N-ethyl adjacent to an activating group) is 1. The monoisotopic (exact) mass is 584 g/mol. The molecule has 3 aromatic rings. The van der Waals surface area contributed by atoms with Gasteiger partial charge in [-0.15, -0.1) is 0 Å². The van der Waals surface area contributed by atoms with Crippen molar-refractivity contribution in [3.8, 4) is 5.75 Å². The lowest BCUT2D eigenvalue weighted by molar-refractivity contribution is -0.137. The number of nitrogens with one attached hydrogen (secondary N) is 3. The lowest BCUT2D eigenvalue weighted by atomic mass is 9.95. The third-order valence-electron chi connectivity index (χ3n) is 7.45. The molecule has 0 spiro atoms. The van der Waals surface area contributed by atoms with Gasteiger partial charge in [-0.3, -0.25) is 19.3 Å². The maximum atomic E-state index is 14.1.